The number of benzene rings is 1. The van der Waals surface area contributed by atoms with Crippen LogP contribution in [0.3, 0.4) is 0 Å². The van der Waals surface area contributed by atoms with E-state index in [0.717, 1.165) is 17.1 Å². The predicted octanol–water partition coefficient (Wildman–Crippen LogP) is 7.01. The standard InChI is InChI=1S/C27H48O6SSi2/c1-11-34-27-26(29-16-22-12-14-23(28-10)15-13-22)25-24(31-27)17-30-35(18(2)3,19(4)5)33-36(32-25,20(6)7)21(8)9/h12-15,18-21,24-27H,11,16-17H2,1-10H3/t24-,25-,26+,27-/m1/s1. The molecular formula is C27H48O6SSi2. The lowest BCUT2D eigenvalue weighted by atomic mass is 10.1. The molecule has 0 unspecified atom stereocenters. The number of ether oxygens (including phenoxy) is 3. The first-order chi connectivity index (χ1) is 17.0. The van der Waals surface area contributed by atoms with Crippen molar-refractivity contribution in [2.24, 2.45) is 0 Å². The van der Waals surface area contributed by atoms with E-state index < -0.39 is 17.1 Å². The maximum absolute atomic E-state index is 7.35. The van der Waals surface area contributed by atoms with Gasteiger partial charge in [-0.05, 0) is 45.6 Å². The van der Waals surface area contributed by atoms with Crippen molar-refractivity contribution in [1.82, 2.24) is 0 Å². The lowest BCUT2D eigenvalue weighted by molar-refractivity contribution is -0.0491. The summed E-state index contributed by atoms with van der Waals surface area (Å²) in [4.78, 5) is 0. The lowest BCUT2D eigenvalue weighted by Crippen LogP contribution is -2.66. The largest absolute Gasteiger partial charge is 0.497 e. The zero-order chi connectivity index (χ0) is 26.7. The molecule has 0 aliphatic carbocycles. The number of hydrogen-bond donors (Lipinski definition) is 0. The van der Waals surface area contributed by atoms with Crippen molar-refractivity contribution in [3.63, 3.8) is 0 Å². The van der Waals surface area contributed by atoms with Crippen LogP contribution in [0.2, 0.25) is 22.2 Å². The first-order valence-electron chi connectivity index (χ1n) is 13.5. The molecule has 0 saturated carbocycles. The second-order valence-electron chi connectivity index (χ2n) is 11.2. The van der Waals surface area contributed by atoms with Crippen LogP contribution in [0.1, 0.15) is 67.9 Å². The summed E-state index contributed by atoms with van der Waals surface area (Å²) in [7, 11) is -3.64. The van der Waals surface area contributed by atoms with Crippen LogP contribution in [0.4, 0.5) is 0 Å². The third-order valence-corrected chi connectivity index (χ3v) is 18.8. The SMILES string of the molecule is CCS[C@H]1O[C@@H]2CO[Si](C(C)C)(C(C)C)O[Si](C(C)C)(C(C)C)O[C@H]2[C@@H]1OCc1ccc(OC)cc1. The predicted molar refractivity (Wildman–Crippen MR) is 152 cm³/mol. The summed E-state index contributed by atoms with van der Waals surface area (Å²) in [6.45, 7) is 21.1. The summed E-state index contributed by atoms with van der Waals surface area (Å²) in [5.74, 6) is 1.78. The molecule has 4 atom stereocenters. The zero-order valence-corrected chi connectivity index (χ0v) is 26.7. The van der Waals surface area contributed by atoms with Crippen LogP contribution in [-0.4, -0.2) is 60.3 Å². The van der Waals surface area contributed by atoms with Crippen LogP contribution in [0.5, 0.6) is 5.75 Å². The van der Waals surface area contributed by atoms with Gasteiger partial charge in [-0.25, -0.2) is 0 Å². The van der Waals surface area contributed by atoms with Crippen LogP contribution >= 0.6 is 11.8 Å². The molecule has 3 rings (SSSR count). The maximum atomic E-state index is 7.35. The molecule has 2 fully saturated rings. The number of methoxy groups -OCH3 is 1. The lowest BCUT2D eigenvalue weighted by Gasteiger charge is -2.51. The third kappa shape index (κ3) is 6.09. The number of fused-ring (bicyclic) bond motifs is 1. The highest BCUT2D eigenvalue weighted by Gasteiger charge is 2.61. The summed E-state index contributed by atoms with van der Waals surface area (Å²) in [6, 6.07) is 8.03. The number of thioether (sulfide) groups is 1. The first kappa shape index (κ1) is 30.1. The van der Waals surface area contributed by atoms with E-state index in [9.17, 15) is 0 Å². The summed E-state index contributed by atoms with van der Waals surface area (Å²) in [5.41, 5.74) is 2.15. The van der Waals surface area contributed by atoms with E-state index in [1.165, 1.54) is 0 Å². The monoisotopic (exact) mass is 556 g/mol. The molecule has 0 bridgehead atoms. The highest BCUT2D eigenvalue weighted by molar-refractivity contribution is 7.99. The fourth-order valence-electron chi connectivity index (χ4n) is 5.49. The molecule has 0 N–H and O–H groups in total. The van der Waals surface area contributed by atoms with Crippen LogP contribution in [0.15, 0.2) is 24.3 Å². The molecule has 9 heteroatoms. The van der Waals surface area contributed by atoms with E-state index in [-0.39, 0.29) is 34.8 Å². The maximum Gasteiger partial charge on any atom is 0.335 e. The Morgan fingerprint density at radius 1 is 0.917 bits per heavy atom. The van der Waals surface area contributed by atoms with E-state index in [1.54, 1.807) is 18.9 Å². The Morgan fingerprint density at radius 3 is 2.00 bits per heavy atom. The minimum atomic E-state index is -2.73. The van der Waals surface area contributed by atoms with Crippen molar-refractivity contribution < 1.29 is 27.2 Å². The van der Waals surface area contributed by atoms with Crippen molar-refractivity contribution in [2.45, 2.75) is 115 Å². The highest BCUT2D eigenvalue weighted by atomic mass is 32.2. The average Bonchev–Trinajstić information content (AvgIpc) is 3.12. The molecule has 0 radical (unpaired) electrons. The minimum Gasteiger partial charge on any atom is -0.497 e. The Morgan fingerprint density at radius 2 is 1.50 bits per heavy atom. The summed E-state index contributed by atoms with van der Waals surface area (Å²) < 4.78 is 40.1. The Kier molecular flexibility index (Phi) is 10.6. The Labute approximate surface area is 225 Å². The minimum absolute atomic E-state index is 0.106. The van der Waals surface area contributed by atoms with E-state index in [1.807, 2.05) is 24.3 Å². The average molecular weight is 557 g/mol. The van der Waals surface area contributed by atoms with Crippen molar-refractivity contribution in [1.29, 1.82) is 0 Å². The molecule has 206 valence electrons. The zero-order valence-electron chi connectivity index (χ0n) is 23.9. The van der Waals surface area contributed by atoms with E-state index in [4.69, 9.17) is 27.2 Å². The molecule has 0 amide bonds. The van der Waals surface area contributed by atoms with E-state index in [0.29, 0.717) is 24.3 Å². The number of hydrogen-bond acceptors (Lipinski definition) is 7. The molecule has 1 aromatic rings. The van der Waals surface area contributed by atoms with E-state index in [2.05, 4.69) is 62.3 Å². The third-order valence-electron chi connectivity index (χ3n) is 7.53. The molecule has 2 heterocycles. The van der Waals surface area contributed by atoms with Gasteiger partial charge in [-0.3, -0.25) is 0 Å². The van der Waals surface area contributed by atoms with Crippen LogP contribution in [-0.2, 0) is 29.0 Å². The van der Waals surface area contributed by atoms with Crippen molar-refractivity contribution in [2.75, 3.05) is 19.5 Å². The summed E-state index contributed by atoms with van der Waals surface area (Å²) in [6.07, 6.45) is -0.603. The summed E-state index contributed by atoms with van der Waals surface area (Å²) >= 11 is 1.78. The molecule has 6 nitrogen and oxygen atoms in total. The van der Waals surface area contributed by atoms with Gasteiger partial charge in [0.1, 0.15) is 29.5 Å². The van der Waals surface area contributed by atoms with Gasteiger partial charge >= 0.3 is 17.1 Å². The Balaban J connectivity index is 1.96. The van der Waals surface area contributed by atoms with Gasteiger partial charge < -0.3 is 27.2 Å². The van der Waals surface area contributed by atoms with Gasteiger partial charge in [0.25, 0.3) is 0 Å². The molecule has 2 aliphatic rings. The molecular weight excluding hydrogens is 509 g/mol. The van der Waals surface area contributed by atoms with Crippen molar-refractivity contribution in [3.8, 4) is 5.75 Å². The fraction of sp³-hybridized carbons (Fsp3) is 0.778. The normalized spacial score (nSPS) is 27.9. The smallest absolute Gasteiger partial charge is 0.335 e. The molecule has 1 aromatic carbocycles. The second kappa shape index (κ2) is 12.6. The number of rotatable bonds is 10. The van der Waals surface area contributed by atoms with Crippen molar-refractivity contribution in [3.05, 3.63) is 29.8 Å². The van der Waals surface area contributed by atoms with Gasteiger partial charge in [0.05, 0.1) is 20.3 Å². The molecule has 0 aromatic heterocycles. The van der Waals surface area contributed by atoms with Gasteiger partial charge in [0.2, 0.25) is 0 Å². The van der Waals surface area contributed by atoms with E-state index >= 15 is 0 Å². The van der Waals surface area contributed by atoms with Gasteiger partial charge in [-0.1, -0.05) is 74.4 Å². The van der Waals surface area contributed by atoms with Crippen LogP contribution in [0, 0.1) is 0 Å². The Hall–Kier alpha value is -0.396. The molecule has 2 aliphatic heterocycles. The van der Waals surface area contributed by atoms with Gasteiger partial charge in [0.15, 0.2) is 0 Å². The van der Waals surface area contributed by atoms with Crippen molar-refractivity contribution >= 4 is 28.9 Å². The van der Waals surface area contributed by atoms with Gasteiger partial charge in [0, 0.05) is 0 Å². The van der Waals surface area contributed by atoms with Crippen LogP contribution in [0.25, 0.3) is 0 Å². The second-order valence-corrected chi connectivity index (χ2v) is 21.4. The fourth-order valence-corrected chi connectivity index (χ4v) is 17.7. The highest BCUT2D eigenvalue weighted by Crippen LogP contribution is 2.48. The van der Waals surface area contributed by atoms with Gasteiger partial charge in [-0.2, -0.15) is 0 Å². The molecule has 36 heavy (non-hydrogen) atoms. The first-order valence-corrected chi connectivity index (χ1v) is 18.5. The summed E-state index contributed by atoms with van der Waals surface area (Å²) in [5, 5.41) is 0. The quantitative estimate of drug-likeness (QED) is 0.287. The topological polar surface area (TPSA) is 55.4 Å². The Bertz CT molecular complexity index is 803. The van der Waals surface area contributed by atoms with Gasteiger partial charge in [-0.15, -0.1) is 11.8 Å². The molecule has 2 saturated heterocycles. The van der Waals surface area contributed by atoms with Crippen LogP contribution < -0.4 is 4.74 Å². The molecule has 0 spiro atoms.